The Morgan fingerprint density at radius 1 is 1.54 bits per heavy atom. The maximum absolute atomic E-state index is 12.7. The Morgan fingerprint density at radius 3 is 2.77 bits per heavy atom. The number of benzene rings is 1. The maximum atomic E-state index is 12.7. The van der Waals surface area contributed by atoms with Crippen LogP contribution in [0, 0.1) is 5.82 Å². The Hall–Kier alpha value is -0.410. The summed E-state index contributed by atoms with van der Waals surface area (Å²) < 4.78 is 13.6. The molecule has 0 aliphatic heterocycles. The third-order valence-corrected chi connectivity index (χ3v) is 2.77. The van der Waals surface area contributed by atoms with Crippen molar-refractivity contribution in [2.75, 3.05) is 7.05 Å². The highest BCUT2D eigenvalue weighted by Crippen LogP contribution is 2.19. The molecule has 0 fully saturated rings. The summed E-state index contributed by atoms with van der Waals surface area (Å²) in [5, 5.41) is 3.14. The van der Waals surface area contributed by atoms with Crippen LogP contribution in [0.3, 0.4) is 0 Å². The molecule has 1 unspecified atom stereocenters. The first kappa shape index (κ1) is 10.7. The lowest BCUT2D eigenvalue weighted by molar-refractivity contribution is 0.601. The molecule has 0 aromatic heterocycles. The minimum Gasteiger partial charge on any atom is -0.317 e. The molecule has 0 saturated heterocycles. The molecular formula is C10H13BrFN. The lowest BCUT2D eigenvalue weighted by atomic mass is 10.1. The SMILES string of the molecule is CNC(C)Cc1ccc(F)cc1Br. The van der Waals surface area contributed by atoms with Crippen molar-refractivity contribution in [3.63, 3.8) is 0 Å². The molecule has 0 heterocycles. The fourth-order valence-electron chi connectivity index (χ4n) is 1.12. The van der Waals surface area contributed by atoms with Gasteiger partial charge in [0.2, 0.25) is 0 Å². The second kappa shape index (κ2) is 4.72. The van der Waals surface area contributed by atoms with Crippen LogP contribution < -0.4 is 5.32 Å². The van der Waals surface area contributed by atoms with Crippen molar-refractivity contribution >= 4 is 15.9 Å². The van der Waals surface area contributed by atoms with Gasteiger partial charge in [-0.25, -0.2) is 4.39 Å². The van der Waals surface area contributed by atoms with E-state index in [4.69, 9.17) is 0 Å². The normalized spacial score (nSPS) is 12.9. The average molecular weight is 246 g/mol. The first-order chi connectivity index (χ1) is 6.13. The summed E-state index contributed by atoms with van der Waals surface area (Å²) in [6.45, 7) is 2.09. The van der Waals surface area contributed by atoms with Gasteiger partial charge >= 0.3 is 0 Å². The summed E-state index contributed by atoms with van der Waals surface area (Å²) in [5.41, 5.74) is 1.13. The summed E-state index contributed by atoms with van der Waals surface area (Å²) in [5.74, 6) is -0.201. The van der Waals surface area contributed by atoms with Crippen LogP contribution in [0.1, 0.15) is 12.5 Å². The van der Waals surface area contributed by atoms with Crippen molar-refractivity contribution in [3.05, 3.63) is 34.1 Å². The van der Waals surface area contributed by atoms with Gasteiger partial charge < -0.3 is 5.32 Å². The minimum absolute atomic E-state index is 0.201. The van der Waals surface area contributed by atoms with E-state index in [0.717, 1.165) is 16.5 Å². The first-order valence-electron chi connectivity index (χ1n) is 4.24. The maximum Gasteiger partial charge on any atom is 0.124 e. The predicted octanol–water partition coefficient (Wildman–Crippen LogP) is 2.74. The summed E-state index contributed by atoms with van der Waals surface area (Å²) in [4.78, 5) is 0. The summed E-state index contributed by atoms with van der Waals surface area (Å²) in [6, 6.07) is 5.20. The minimum atomic E-state index is -0.201. The molecule has 0 bridgehead atoms. The van der Waals surface area contributed by atoms with E-state index in [1.807, 2.05) is 13.1 Å². The molecule has 0 amide bonds. The molecule has 72 valence electrons. The molecule has 1 N–H and O–H groups in total. The highest BCUT2D eigenvalue weighted by molar-refractivity contribution is 9.10. The van der Waals surface area contributed by atoms with Crippen LogP contribution in [-0.2, 0) is 6.42 Å². The number of rotatable bonds is 3. The standard InChI is InChI=1S/C10H13BrFN/c1-7(13-2)5-8-3-4-9(12)6-10(8)11/h3-4,6-7,13H,5H2,1-2H3. The Kier molecular flexibility index (Phi) is 3.88. The number of likely N-dealkylation sites (N-methyl/N-ethyl adjacent to an activating group) is 1. The molecule has 1 nitrogen and oxygen atoms in total. The van der Waals surface area contributed by atoms with Gasteiger partial charge in [-0.1, -0.05) is 22.0 Å². The van der Waals surface area contributed by atoms with Gasteiger partial charge in [0.05, 0.1) is 0 Å². The lowest BCUT2D eigenvalue weighted by Crippen LogP contribution is -2.23. The molecule has 13 heavy (non-hydrogen) atoms. The van der Waals surface area contributed by atoms with Gasteiger partial charge in [0.1, 0.15) is 5.82 Å². The van der Waals surface area contributed by atoms with Crippen LogP contribution in [-0.4, -0.2) is 13.1 Å². The highest BCUT2D eigenvalue weighted by atomic mass is 79.9. The van der Waals surface area contributed by atoms with Crippen LogP contribution in [0.4, 0.5) is 4.39 Å². The van der Waals surface area contributed by atoms with Crippen molar-refractivity contribution in [2.45, 2.75) is 19.4 Å². The van der Waals surface area contributed by atoms with E-state index >= 15 is 0 Å². The quantitative estimate of drug-likeness (QED) is 0.864. The molecule has 1 atom stereocenters. The van der Waals surface area contributed by atoms with Gasteiger partial charge in [0, 0.05) is 10.5 Å². The van der Waals surface area contributed by atoms with E-state index in [-0.39, 0.29) is 5.82 Å². The van der Waals surface area contributed by atoms with Gasteiger partial charge in [0.25, 0.3) is 0 Å². The average Bonchev–Trinajstić information content (AvgIpc) is 2.09. The van der Waals surface area contributed by atoms with Crippen molar-refractivity contribution in [2.24, 2.45) is 0 Å². The Labute approximate surface area is 86.5 Å². The van der Waals surface area contributed by atoms with Crippen LogP contribution in [0.25, 0.3) is 0 Å². The van der Waals surface area contributed by atoms with Crippen LogP contribution in [0.15, 0.2) is 22.7 Å². The topological polar surface area (TPSA) is 12.0 Å². The predicted molar refractivity (Wildman–Crippen MR) is 56.3 cm³/mol. The number of hydrogen-bond acceptors (Lipinski definition) is 1. The zero-order chi connectivity index (χ0) is 9.84. The third-order valence-electron chi connectivity index (χ3n) is 2.03. The van der Waals surface area contributed by atoms with E-state index in [1.165, 1.54) is 12.1 Å². The summed E-state index contributed by atoms with van der Waals surface area (Å²) in [7, 11) is 1.92. The van der Waals surface area contributed by atoms with Crippen molar-refractivity contribution in [3.8, 4) is 0 Å². The molecule has 1 aromatic rings. The largest absolute Gasteiger partial charge is 0.317 e. The van der Waals surface area contributed by atoms with Gasteiger partial charge in [-0.2, -0.15) is 0 Å². The van der Waals surface area contributed by atoms with Gasteiger partial charge in [0.15, 0.2) is 0 Å². The molecule has 1 rings (SSSR count). The smallest absolute Gasteiger partial charge is 0.124 e. The van der Waals surface area contributed by atoms with Crippen LogP contribution in [0.5, 0.6) is 0 Å². The summed E-state index contributed by atoms with van der Waals surface area (Å²) in [6.07, 6.45) is 0.900. The van der Waals surface area contributed by atoms with E-state index in [1.54, 1.807) is 0 Å². The molecule has 0 saturated carbocycles. The molecule has 0 aliphatic rings. The zero-order valence-electron chi connectivity index (χ0n) is 7.77. The van der Waals surface area contributed by atoms with E-state index in [0.29, 0.717) is 6.04 Å². The van der Waals surface area contributed by atoms with E-state index in [9.17, 15) is 4.39 Å². The second-order valence-electron chi connectivity index (χ2n) is 3.13. The fourth-order valence-corrected chi connectivity index (χ4v) is 1.63. The van der Waals surface area contributed by atoms with Crippen molar-refractivity contribution in [1.29, 1.82) is 0 Å². The van der Waals surface area contributed by atoms with Crippen molar-refractivity contribution < 1.29 is 4.39 Å². The monoisotopic (exact) mass is 245 g/mol. The highest BCUT2D eigenvalue weighted by Gasteiger charge is 2.05. The molecular weight excluding hydrogens is 233 g/mol. The van der Waals surface area contributed by atoms with Gasteiger partial charge in [-0.05, 0) is 38.1 Å². The fraction of sp³-hybridized carbons (Fsp3) is 0.400. The van der Waals surface area contributed by atoms with Crippen LogP contribution >= 0.6 is 15.9 Å². The Bertz CT molecular complexity index is 288. The number of halogens is 2. The Morgan fingerprint density at radius 2 is 2.23 bits per heavy atom. The van der Waals surface area contributed by atoms with E-state index in [2.05, 4.69) is 28.2 Å². The van der Waals surface area contributed by atoms with Crippen molar-refractivity contribution in [1.82, 2.24) is 5.32 Å². The van der Waals surface area contributed by atoms with Crippen LogP contribution in [0.2, 0.25) is 0 Å². The molecule has 3 heteroatoms. The summed E-state index contributed by atoms with van der Waals surface area (Å²) >= 11 is 3.34. The zero-order valence-corrected chi connectivity index (χ0v) is 9.36. The second-order valence-corrected chi connectivity index (χ2v) is 3.98. The first-order valence-corrected chi connectivity index (χ1v) is 5.04. The number of hydrogen-bond donors (Lipinski definition) is 1. The van der Waals surface area contributed by atoms with Gasteiger partial charge in [-0.3, -0.25) is 0 Å². The number of nitrogens with one attached hydrogen (secondary N) is 1. The Balaban J connectivity index is 2.77. The third kappa shape index (κ3) is 3.08. The van der Waals surface area contributed by atoms with E-state index < -0.39 is 0 Å². The van der Waals surface area contributed by atoms with Gasteiger partial charge in [-0.15, -0.1) is 0 Å². The molecule has 0 aliphatic carbocycles. The molecule has 0 radical (unpaired) electrons. The molecule has 0 spiro atoms. The lowest BCUT2D eigenvalue weighted by Gasteiger charge is -2.11. The molecule has 1 aromatic carbocycles.